The Morgan fingerprint density at radius 2 is 1.94 bits per heavy atom. The van der Waals surface area contributed by atoms with E-state index in [9.17, 15) is 9.90 Å². The average Bonchev–Trinajstić information content (AvgIpc) is 2.29. The van der Waals surface area contributed by atoms with E-state index in [0.29, 0.717) is 6.42 Å². The normalized spacial score (nSPS) is 15.8. The van der Waals surface area contributed by atoms with Gasteiger partial charge in [-0.3, -0.25) is 4.79 Å². The van der Waals surface area contributed by atoms with Crippen molar-refractivity contribution in [1.82, 2.24) is 5.32 Å². The van der Waals surface area contributed by atoms with Crippen LogP contribution in [0.1, 0.15) is 31.9 Å². The van der Waals surface area contributed by atoms with Crippen molar-refractivity contribution < 1.29 is 14.6 Å². The molecule has 1 amide bonds. The summed E-state index contributed by atoms with van der Waals surface area (Å²) in [6, 6.07) is 9.25. The maximum Gasteiger partial charge on any atom is 0.253 e. The van der Waals surface area contributed by atoms with Crippen molar-refractivity contribution in [2.75, 3.05) is 7.11 Å². The zero-order valence-electron chi connectivity index (χ0n) is 11.1. The van der Waals surface area contributed by atoms with Crippen molar-refractivity contribution in [2.45, 2.75) is 38.5 Å². The van der Waals surface area contributed by atoms with Gasteiger partial charge in [0.1, 0.15) is 0 Å². The minimum atomic E-state index is -0.609. The summed E-state index contributed by atoms with van der Waals surface area (Å²) < 4.78 is 5.23. The lowest BCUT2D eigenvalue weighted by atomic mass is 10.1. The van der Waals surface area contributed by atoms with Gasteiger partial charge in [-0.2, -0.15) is 0 Å². The zero-order valence-corrected chi connectivity index (χ0v) is 11.1. The smallest absolute Gasteiger partial charge is 0.253 e. The second-order valence-corrected chi connectivity index (χ2v) is 4.52. The molecule has 18 heavy (non-hydrogen) atoms. The first-order valence-electron chi connectivity index (χ1n) is 6.10. The molecule has 0 aliphatic heterocycles. The van der Waals surface area contributed by atoms with Crippen LogP contribution in [-0.2, 0) is 9.53 Å². The third kappa shape index (κ3) is 4.47. The van der Waals surface area contributed by atoms with Gasteiger partial charge < -0.3 is 15.2 Å². The van der Waals surface area contributed by atoms with Gasteiger partial charge in [0.15, 0.2) is 6.10 Å². The second-order valence-electron chi connectivity index (χ2n) is 4.52. The maximum atomic E-state index is 12.0. The van der Waals surface area contributed by atoms with E-state index >= 15 is 0 Å². The van der Waals surface area contributed by atoms with E-state index in [4.69, 9.17) is 4.74 Å². The largest absolute Gasteiger partial charge is 0.393 e. The van der Waals surface area contributed by atoms with Gasteiger partial charge in [-0.1, -0.05) is 30.3 Å². The summed E-state index contributed by atoms with van der Waals surface area (Å²) in [4.78, 5) is 12.0. The predicted molar refractivity (Wildman–Crippen MR) is 70.1 cm³/mol. The third-order valence-electron chi connectivity index (χ3n) is 2.66. The van der Waals surface area contributed by atoms with Crippen molar-refractivity contribution in [2.24, 2.45) is 0 Å². The Balaban J connectivity index is 2.63. The van der Waals surface area contributed by atoms with Gasteiger partial charge in [-0.05, 0) is 25.8 Å². The number of hydrogen-bond donors (Lipinski definition) is 2. The molecule has 0 aliphatic carbocycles. The van der Waals surface area contributed by atoms with Crippen molar-refractivity contribution >= 4 is 5.91 Å². The minimum absolute atomic E-state index is 0.0844. The third-order valence-corrected chi connectivity index (χ3v) is 2.66. The maximum absolute atomic E-state index is 12.0. The summed E-state index contributed by atoms with van der Waals surface area (Å²) in [5.74, 6) is -0.183. The van der Waals surface area contributed by atoms with Crippen LogP contribution < -0.4 is 5.32 Å². The summed E-state index contributed by atoms with van der Waals surface area (Å²) in [6.45, 7) is 3.57. The Bertz CT molecular complexity index is 365. The molecular formula is C14H21NO3. The predicted octanol–water partition coefficient (Wildman–Crippen LogP) is 1.65. The molecule has 1 aromatic rings. The quantitative estimate of drug-likeness (QED) is 0.808. The Hall–Kier alpha value is -1.39. The number of methoxy groups -OCH3 is 1. The van der Waals surface area contributed by atoms with E-state index in [1.807, 2.05) is 37.3 Å². The zero-order chi connectivity index (χ0) is 13.5. The van der Waals surface area contributed by atoms with E-state index in [1.165, 1.54) is 7.11 Å². The lowest BCUT2D eigenvalue weighted by Crippen LogP contribution is -2.38. The molecule has 0 saturated heterocycles. The fraction of sp³-hybridized carbons (Fsp3) is 0.500. The molecule has 4 nitrogen and oxygen atoms in total. The molecule has 0 heterocycles. The molecule has 0 bridgehead atoms. The molecule has 0 spiro atoms. The molecular weight excluding hydrogens is 230 g/mol. The van der Waals surface area contributed by atoms with Crippen LogP contribution in [0.25, 0.3) is 0 Å². The highest BCUT2D eigenvalue weighted by atomic mass is 16.5. The molecule has 0 aromatic heterocycles. The van der Waals surface area contributed by atoms with Gasteiger partial charge in [-0.25, -0.2) is 0 Å². The molecule has 3 atom stereocenters. The molecule has 1 rings (SSSR count). The first kappa shape index (κ1) is 14.7. The number of rotatable bonds is 6. The van der Waals surface area contributed by atoms with E-state index in [2.05, 4.69) is 5.32 Å². The summed E-state index contributed by atoms with van der Waals surface area (Å²) in [5.41, 5.74) is 0.821. The molecule has 1 aromatic carbocycles. The van der Waals surface area contributed by atoms with Crippen LogP contribution in [-0.4, -0.2) is 30.3 Å². The van der Waals surface area contributed by atoms with Crippen LogP contribution in [0.15, 0.2) is 30.3 Å². The number of aliphatic hydroxyl groups excluding tert-OH is 1. The number of ether oxygens (including phenoxy) is 1. The first-order valence-corrected chi connectivity index (χ1v) is 6.10. The highest BCUT2D eigenvalue weighted by Crippen LogP contribution is 2.16. The number of amides is 1. The second kappa shape index (κ2) is 7.13. The lowest BCUT2D eigenvalue weighted by molar-refractivity contribution is -0.132. The fourth-order valence-corrected chi connectivity index (χ4v) is 1.91. The van der Waals surface area contributed by atoms with E-state index in [0.717, 1.165) is 5.56 Å². The van der Waals surface area contributed by atoms with Crippen LogP contribution in [0, 0.1) is 0 Å². The topological polar surface area (TPSA) is 58.6 Å². The Kier molecular flexibility index (Phi) is 5.82. The van der Waals surface area contributed by atoms with Crippen LogP contribution in [0.3, 0.4) is 0 Å². The van der Waals surface area contributed by atoms with Crippen molar-refractivity contribution in [3.05, 3.63) is 35.9 Å². The number of carbonyl (C=O) groups excluding carboxylic acids is 1. The molecule has 0 radical (unpaired) electrons. The number of carbonyl (C=O) groups is 1. The lowest BCUT2D eigenvalue weighted by Gasteiger charge is -2.20. The van der Waals surface area contributed by atoms with Crippen molar-refractivity contribution in [3.8, 4) is 0 Å². The number of benzene rings is 1. The molecule has 4 heteroatoms. The van der Waals surface area contributed by atoms with Gasteiger partial charge >= 0.3 is 0 Å². The SMILES string of the molecule is COC(C(=O)NC(C)CC(C)O)c1ccccc1. The molecule has 100 valence electrons. The highest BCUT2D eigenvalue weighted by molar-refractivity contribution is 5.82. The summed E-state index contributed by atoms with van der Waals surface area (Å²) >= 11 is 0. The van der Waals surface area contributed by atoms with E-state index < -0.39 is 12.2 Å². The van der Waals surface area contributed by atoms with Gasteiger partial charge in [0.25, 0.3) is 5.91 Å². The monoisotopic (exact) mass is 251 g/mol. The van der Waals surface area contributed by atoms with Crippen LogP contribution in [0.5, 0.6) is 0 Å². The molecule has 2 N–H and O–H groups in total. The van der Waals surface area contributed by atoms with Crippen LogP contribution >= 0.6 is 0 Å². The average molecular weight is 251 g/mol. The Morgan fingerprint density at radius 1 is 1.33 bits per heavy atom. The first-order chi connectivity index (χ1) is 8.54. The molecule has 0 fully saturated rings. The molecule has 3 unspecified atom stereocenters. The fourth-order valence-electron chi connectivity index (χ4n) is 1.91. The van der Waals surface area contributed by atoms with Gasteiger partial charge in [0, 0.05) is 13.2 Å². The molecule has 0 aliphatic rings. The molecule has 0 saturated carbocycles. The van der Waals surface area contributed by atoms with E-state index in [-0.39, 0.29) is 11.9 Å². The van der Waals surface area contributed by atoms with Crippen LogP contribution in [0.2, 0.25) is 0 Å². The summed E-state index contributed by atoms with van der Waals surface area (Å²) in [6.07, 6.45) is -0.516. The number of aliphatic hydroxyl groups is 1. The highest BCUT2D eigenvalue weighted by Gasteiger charge is 2.21. The number of nitrogens with one attached hydrogen (secondary N) is 1. The van der Waals surface area contributed by atoms with Gasteiger partial charge in [0.05, 0.1) is 6.10 Å². The summed E-state index contributed by atoms with van der Waals surface area (Å²) in [7, 11) is 1.51. The Morgan fingerprint density at radius 3 is 2.44 bits per heavy atom. The summed E-state index contributed by atoms with van der Waals surface area (Å²) in [5, 5.41) is 12.1. The van der Waals surface area contributed by atoms with E-state index in [1.54, 1.807) is 6.92 Å². The van der Waals surface area contributed by atoms with Crippen molar-refractivity contribution in [3.63, 3.8) is 0 Å². The Labute approximate surface area is 108 Å². The van der Waals surface area contributed by atoms with Gasteiger partial charge in [-0.15, -0.1) is 0 Å². The number of hydrogen-bond acceptors (Lipinski definition) is 3. The van der Waals surface area contributed by atoms with Gasteiger partial charge in [0.2, 0.25) is 0 Å². The van der Waals surface area contributed by atoms with Crippen molar-refractivity contribution in [1.29, 1.82) is 0 Å². The minimum Gasteiger partial charge on any atom is -0.393 e. The van der Waals surface area contributed by atoms with Crippen LogP contribution in [0.4, 0.5) is 0 Å². The standard InChI is InChI=1S/C14H21NO3/c1-10(9-11(2)16)15-14(17)13(18-3)12-7-5-4-6-8-12/h4-8,10-11,13,16H,9H2,1-3H3,(H,15,17).